The summed E-state index contributed by atoms with van der Waals surface area (Å²) in [5.74, 6) is -0.437. The summed E-state index contributed by atoms with van der Waals surface area (Å²) < 4.78 is 10.7. The summed E-state index contributed by atoms with van der Waals surface area (Å²) in [5.41, 5.74) is 0. The molecule has 1 N–H and O–H groups in total. The van der Waals surface area contributed by atoms with Crippen molar-refractivity contribution in [2.45, 2.75) is 32.2 Å². The average Bonchev–Trinajstić information content (AvgIpc) is 2.12. The zero-order valence-corrected chi connectivity index (χ0v) is 6.39. The van der Waals surface area contributed by atoms with Gasteiger partial charge in [-0.05, 0) is 20.1 Å². The van der Waals surface area contributed by atoms with Gasteiger partial charge in [0.1, 0.15) is 0 Å². The van der Waals surface area contributed by atoms with Gasteiger partial charge in [0.25, 0.3) is 0 Å². The van der Waals surface area contributed by atoms with Gasteiger partial charge in [-0.2, -0.15) is 0 Å². The van der Waals surface area contributed by atoms with Gasteiger partial charge in [-0.25, -0.2) is 0 Å². The molecule has 0 bridgehead atoms. The van der Waals surface area contributed by atoms with E-state index in [0.717, 1.165) is 0 Å². The van der Waals surface area contributed by atoms with E-state index in [-0.39, 0.29) is 6.10 Å². The molecule has 1 rings (SSSR count). The summed E-state index contributed by atoms with van der Waals surface area (Å²) in [6.07, 6.45) is 2.10. The summed E-state index contributed by atoms with van der Waals surface area (Å²) >= 11 is 0. The fraction of sp³-hybridized carbons (Fsp3) is 0.857. The topological polar surface area (TPSA) is 42.3 Å². The molecule has 1 fully saturated rings. The second-order valence-corrected chi connectivity index (χ2v) is 2.89. The molecule has 1 unspecified atom stereocenters. The van der Waals surface area contributed by atoms with Gasteiger partial charge in [0.2, 0.25) is 0 Å². The minimum absolute atomic E-state index is 0.0903. The van der Waals surface area contributed by atoms with Crippen molar-refractivity contribution in [1.29, 1.82) is 5.41 Å². The van der Waals surface area contributed by atoms with Gasteiger partial charge in [-0.15, -0.1) is 0 Å². The SMILES string of the molecule is CC1(C)OCC(CC=N)O1. The summed E-state index contributed by atoms with van der Waals surface area (Å²) in [5, 5.41) is 6.84. The van der Waals surface area contributed by atoms with Crippen molar-refractivity contribution in [3.8, 4) is 0 Å². The lowest BCUT2D eigenvalue weighted by molar-refractivity contribution is -0.137. The Morgan fingerprint density at radius 3 is 2.80 bits per heavy atom. The molecule has 1 atom stereocenters. The lowest BCUT2D eigenvalue weighted by Crippen LogP contribution is -2.21. The normalized spacial score (nSPS) is 30.4. The monoisotopic (exact) mass is 143 g/mol. The Bertz CT molecular complexity index is 134. The number of nitrogens with one attached hydrogen (secondary N) is 1. The first-order valence-electron chi connectivity index (χ1n) is 3.45. The first-order chi connectivity index (χ1) is 4.64. The Labute approximate surface area is 60.8 Å². The van der Waals surface area contributed by atoms with E-state index in [1.54, 1.807) is 0 Å². The van der Waals surface area contributed by atoms with Crippen LogP contribution in [0.4, 0.5) is 0 Å². The smallest absolute Gasteiger partial charge is 0.163 e. The highest BCUT2D eigenvalue weighted by molar-refractivity contribution is 5.53. The van der Waals surface area contributed by atoms with Crippen molar-refractivity contribution in [2.24, 2.45) is 0 Å². The van der Waals surface area contributed by atoms with E-state index < -0.39 is 5.79 Å². The summed E-state index contributed by atoms with van der Waals surface area (Å²) in [4.78, 5) is 0. The maximum Gasteiger partial charge on any atom is 0.163 e. The fourth-order valence-corrected chi connectivity index (χ4v) is 1.01. The second kappa shape index (κ2) is 2.68. The van der Waals surface area contributed by atoms with E-state index in [1.807, 2.05) is 13.8 Å². The highest BCUT2D eigenvalue weighted by atomic mass is 16.7. The minimum Gasteiger partial charge on any atom is -0.348 e. The Hall–Kier alpha value is -0.410. The van der Waals surface area contributed by atoms with Crippen LogP contribution in [0.5, 0.6) is 0 Å². The highest BCUT2D eigenvalue weighted by Gasteiger charge is 2.31. The van der Waals surface area contributed by atoms with Crippen molar-refractivity contribution in [1.82, 2.24) is 0 Å². The van der Waals surface area contributed by atoms with E-state index in [9.17, 15) is 0 Å². The molecule has 0 saturated carbocycles. The third kappa shape index (κ3) is 1.78. The van der Waals surface area contributed by atoms with Crippen LogP contribution in [0, 0.1) is 5.41 Å². The van der Waals surface area contributed by atoms with Crippen LogP contribution in [-0.4, -0.2) is 24.7 Å². The third-order valence-corrected chi connectivity index (χ3v) is 1.45. The van der Waals surface area contributed by atoms with Crippen LogP contribution in [0.15, 0.2) is 0 Å². The molecule has 0 aromatic carbocycles. The molecule has 58 valence electrons. The van der Waals surface area contributed by atoms with Gasteiger partial charge in [-0.1, -0.05) is 0 Å². The van der Waals surface area contributed by atoms with Crippen LogP contribution in [0.2, 0.25) is 0 Å². The Morgan fingerprint density at radius 2 is 2.40 bits per heavy atom. The average molecular weight is 143 g/mol. The van der Waals surface area contributed by atoms with Crippen molar-refractivity contribution >= 4 is 6.21 Å². The minimum atomic E-state index is -0.437. The van der Waals surface area contributed by atoms with Gasteiger partial charge in [0, 0.05) is 6.42 Å². The summed E-state index contributed by atoms with van der Waals surface area (Å²) in [6, 6.07) is 0. The molecule has 0 aromatic heterocycles. The van der Waals surface area contributed by atoms with Crippen molar-refractivity contribution < 1.29 is 9.47 Å². The molecule has 1 aliphatic rings. The Morgan fingerprint density at radius 1 is 1.70 bits per heavy atom. The molecule has 3 heteroatoms. The molecule has 0 aliphatic carbocycles. The largest absolute Gasteiger partial charge is 0.348 e. The molecule has 1 aliphatic heterocycles. The van der Waals surface area contributed by atoms with E-state index >= 15 is 0 Å². The molecule has 0 aromatic rings. The van der Waals surface area contributed by atoms with Crippen molar-refractivity contribution in [3.05, 3.63) is 0 Å². The number of rotatable bonds is 2. The van der Waals surface area contributed by atoms with E-state index in [1.165, 1.54) is 6.21 Å². The zero-order chi connectivity index (χ0) is 7.61. The van der Waals surface area contributed by atoms with Crippen LogP contribution >= 0.6 is 0 Å². The van der Waals surface area contributed by atoms with Gasteiger partial charge >= 0.3 is 0 Å². The number of hydrogen-bond donors (Lipinski definition) is 1. The molecule has 0 amide bonds. The lowest BCUT2D eigenvalue weighted by Gasteiger charge is -2.16. The highest BCUT2D eigenvalue weighted by Crippen LogP contribution is 2.23. The molecule has 0 spiro atoms. The molecular formula is C7H13NO2. The first-order valence-corrected chi connectivity index (χ1v) is 3.45. The van der Waals surface area contributed by atoms with E-state index in [0.29, 0.717) is 13.0 Å². The van der Waals surface area contributed by atoms with Gasteiger partial charge < -0.3 is 14.9 Å². The van der Waals surface area contributed by atoms with Crippen LogP contribution in [0.25, 0.3) is 0 Å². The van der Waals surface area contributed by atoms with Gasteiger partial charge in [0.15, 0.2) is 5.79 Å². The summed E-state index contributed by atoms with van der Waals surface area (Å²) in [7, 11) is 0. The molecule has 1 heterocycles. The fourth-order valence-electron chi connectivity index (χ4n) is 1.01. The Balaban J connectivity index is 2.35. The maximum absolute atomic E-state index is 6.84. The van der Waals surface area contributed by atoms with Crippen LogP contribution < -0.4 is 0 Å². The van der Waals surface area contributed by atoms with Gasteiger partial charge in [-0.3, -0.25) is 0 Å². The predicted octanol–water partition coefficient (Wildman–Crippen LogP) is 1.18. The second-order valence-electron chi connectivity index (χ2n) is 2.89. The first kappa shape index (κ1) is 7.69. The van der Waals surface area contributed by atoms with Crippen LogP contribution in [0.3, 0.4) is 0 Å². The van der Waals surface area contributed by atoms with Gasteiger partial charge in [0.05, 0.1) is 12.7 Å². The number of hydrogen-bond acceptors (Lipinski definition) is 3. The van der Waals surface area contributed by atoms with Crippen molar-refractivity contribution in [3.63, 3.8) is 0 Å². The van der Waals surface area contributed by atoms with Crippen LogP contribution in [0.1, 0.15) is 20.3 Å². The lowest BCUT2D eigenvalue weighted by atomic mass is 10.3. The molecule has 1 saturated heterocycles. The zero-order valence-electron chi connectivity index (χ0n) is 6.39. The van der Waals surface area contributed by atoms with E-state index in [4.69, 9.17) is 14.9 Å². The molecular weight excluding hydrogens is 130 g/mol. The molecule has 0 radical (unpaired) electrons. The predicted molar refractivity (Wildman–Crippen MR) is 38.3 cm³/mol. The maximum atomic E-state index is 6.84. The summed E-state index contributed by atoms with van der Waals surface area (Å²) in [6.45, 7) is 4.39. The quantitative estimate of drug-likeness (QED) is 0.590. The third-order valence-electron chi connectivity index (χ3n) is 1.45. The standard InChI is InChI=1S/C7H13NO2/c1-7(2)9-5-6(10-7)3-4-8/h4,6,8H,3,5H2,1-2H3. The molecule has 3 nitrogen and oxygen atoms in total. The Kier molecular flexibility index (Phi) is 2.06. The van der Waals surface area contributed by atoms with E-state index in [2.05, 4.69) is 0 Å². The van der Waals surface area contributed by atoms with Crippen molar-refractivity contribution in [2.75, 3.05) is 6.61 Å². The molecule has 10 heavy (non-hydrogen) atoms. The van der Waals surface area contributed by atoms with Crippen LogP contribution in [-0.2, 0) is 9.47 Å². The number of ether oxygens (including phenoxy) is 2.